The number of hydrogen-bond acceptors (Lipinski definition) is 5. The van der Waals surface area contributed by atoms with Gasteiger partial charge in [0.15, 0.2) is 0 Å². The van der Waals surface area contributed by atoms with Crippen molar-refractivity contribution < 1.29 is 18.1 Å². The third kappa shape index (κ3) is 8.48. The highest BCUT2D eigenvalue weighted by molar-refractivity contribution is 6.60. The molecule has 0 unspecified atom stereocenters. The van der Waals surface area contributed by atoms with Gasteiger partial charge in [-0.05, 0) is 27.2 Å². The van der Waals surface area contributed by atoms with E-state index in [1.165, 1.54) is 6.08 Å². The van der Waals surface area contributed by atoms with Gasteiger partial charge in [-0.3, -0.25) is 0 Å². The van der Waals surface area contributed by atoms with E-state index in [0.29, 0.717) is 32.4 Å². The molecule has 0 aromatic carbocycles. The zero-order chi connectivity index (χ0) is 12.3. The van der Waals surface area contributed by atoms with Crippen LogP contribution in [0, 0.1) is 0 Å². The fourth-order valence-corrected chi connectivity index (χ4v) is 4.02. The highest BCUT2D eigenvalue weighted by Crippen LogP contribution is 2.17. The summed E-state index contributed by atoms with van der Waals surface area (Å²) in [6, 6.07) is 0.688. The molecular weight excluding hydrogens is 262 g/mol. The molecule has 0 aromatic rings. The highest BCUT2D eigenvalue weighted by atomic mass is 35.5. The predicted molar refractivity (Wildman–Crippen MR) is 70.3 cm³/mol. The van der Waals surface area contributed by atoms with Gasteiger partial charge in [0.05, 0.1) is 6.54 Å². The van der Waals surface area contributed by atoms with Gasteiger partial charge >= 0.3 is 8.80 Å². The van der Waals surface area contributed by atoms with Gasteiger partial charge in [0.2, 0.25) is 6.08 Å². The van der Waals surface area contributed by atoms with E-state index in [-0.39, 0.29) is 12.4 Å². The maximum absolute atomic E-state index is 9.93. The van der Waals surface area contributed by atoms with E-state index in [9.17, 15) is 4.79 Å². The van der Waals surface area contributed by atoms with Gasteiger partial charge in [-0.25, -0.2) is 9.79 Å². The van der Waals surface area contributed by atoms with Crippen LogP contribution in [0.5, 0.6) is 0 Å². The average Bonchev–Trinajstić information content (AvgIpc) is 2.26. The van der Waals surface area contributed by atoms with Crippen molar-refractivity contribution in [2.75, 3.05) is 26.4 Å². The maximum atomic E-state index is 9.93. The number of halogens is 1. The normalized spacial score (nSPS) is 10.5. The average molecular weight is 284 g/mol. The van der Waals surface area contributed by atoms with Crippen LogP contribution in [0.3, 0.4) is 0 Å². The topological polar surface area (TPSA) is 57.1 Å². The van der Waals surface area contributed by atoms with E-state index >= 15 is 0 Å². The minimum Gasteiger partial charge on any atom is -0.374 e. The first-order valence-electron chi connectivity index (χ1n) is 5.70. The Hall–Kier alpha value is -0.233. The lowest BCUT2D eigenvalue weighted by atomic mass is 10.5. The lowest BCUT2D eigenvalue weighted by Gasteiger charge is -2.28. The second-order valence-corrected chi connectivity index (χ2v) is 5.79. The van der Waals surface area contributed by atoms with Crippen molar-refractivity contribution in [3.63, 3.8) is 0 Å². The van der Waals surface area contributed by atoms with Crippen molar-refractivity contribution in [1.29, 1.82) is 0 Å². The third-order valence-electron chi connectivity index (χ3n) is 1.91. The number of hydrogen-bond donors (Lipinski definition) is 0. The van der Waals surface area contributed by atoms with Crippen LogP contribution in [-0.4, -0.2) is 41.2 Å². The van der Waals surface area contributed by atoms with Crippen LogP contribution in [0.15, 0.2) is 4.99 Å². The van der Waals surface area contributed by atoms with Gasteiger partial charge < -0.3 is 13.3 Å². The Morgan fingerprint density at radius 3 is 1.88 bits per heavy atom. The first-order chi connectivity index (χ1) is 7.74. The maximum Gasteiger partial charge on any atom is 0.500 e. The van der Waals surface area contributed by atoms with Crippen molar-refractivity contribution in [2.45, 2.75) is 33.2 Å². The molecule has 0 atom stereocenters. The number of aliphatic imine (C=N–C) groups is 1. The molecule has 0 saturated carbocycles. The van der Waals surface area contributed by atoms with E-state index in [4.69, 9.17) is 13.3 Å². The number of rotatable bonds is 10. The van der Waals surface area contributed by atoms with Gasteiger partial charge in [0.1, 0.15) is 0 Å². The molecule has 7 heteroatoms. The van der Waals surface area contributed by atoms with Gasteiger partial charge in [-0.1, -0.05) is 0 Å². The monoisotopic (exact) mass is 283 g/mol. The lowest BCUT2D eigenvalue weighted by molar-refractivity contribution is 0.0710. The third-order valence-corrected chi connectivity index (χ3v) is 5.06. The van der Waals surface area contributed by atoms with Crippen LogP contribution in [-0.2, 0) is 18.1 Å². The van der Waals surface area contributed by atoms with Crippen molar-refractivity contribution in [3.05, 3.63) is 0 Å². The summed E-state index contributed by atoms with van der Waals surface area (Å²) in [6.07, 6.45) is 2.24. The standard InChI is InChI=1S/C10H21NO4Si.ClH/c1-4-13-16(14-5-2,15-6-3)9-7-8-11-10-12;/h4-9H2,1-3H3;1H. The van der Waals surface area contributed by atoms with Crippen LogP contribution >= 0.6 is 12.4 Å². The summed E-state index contributed by atoms with van der Waals surface area (Å²) in [6.45, 7) is 7.93. The van der Waals surface area contributed by atoms with Crippen LogP contribution in [0.4, 0.5) is 0 Å². The van der Waals surface area contributed by atoms with Crippen LogP contribution in [0.25, 0.3) is 0 Å². The zero-order valence-electron chi connectivity index (χ0n) is 10.7. The largest absolute Gasteiger partial charge is 0.500 e. The second kappa shape index (κ2) is 12.2. The van der Waals surface area contributed by atoms with Gasteiger partial charge in [0, 0.05) is 25.9 Å². The first kappa shape index (κ1) is 19.1. The second-order valence-electron chi connectivity index (χ2n) is 3.06. The van der Waals surface area contributed by atoms with E-state index < -0.39 is 8.80 Å². The van der Waals surface area contributed by atoms with Gasteiger partial charge in [0.25, 0.3) is 0 Å². The first-order valence-corrected chi connectivity index (χ1v) is 7.63. The molecule has 0 bridgehead atoms. The summed E-state index contributed by atoms with van der Waals surface area (Å²) in [7, 11) is -2.54. The van der Waals surface area contributed by atoms with E-state index in [1.807, 2.05) is 20.8 Å². The molecule has 0 rings (SSSR count). The Labute approximate surface area is 110 Å². The van der Waals surface area contributed by atoms with E-state index in [0.717, 1.165) is 6.42 Å². The summed E-state index contributed by atoms with van der Waals surface area (Å²) < 4.78 is 16.9. The summed E-state index contributed by atoms with van der Waals surface area (Å²) in [4.78, 5) is 13.4. The molecule has 0 aliphatic rings. The van der Waals surface area contributed by atoms with Crippen LogP contribution < -0.4 is 0 Å². The van der Waals surface area contributed by atoms with Crippen molar-refractivity contribution in [2.24, 2.45) is 4.99 Å². The quantitative estimate of drug-likeness (QED) is 0.267. The number of carbonyl (C=O) groups excluding carboxylic acids is 1. The molecule has 0 N–H and O–H groups in total. The molecule has 0 saturated heterocycles. The summed E-state index contributed by atoms with van der Waals surface area (Å²) in [5.41, 5.74) is 0. The lowest BCUT2D eigenvalue weighted by Crippen LogP contribution is -2.46. The Balaban J connectivity index is 0. The van der Waals surface area contributed by atoms with Crippen LogP contribution in [0.1, 0.15) is 27.2 Å². The Morgan fingerprint density at radius 1 is 1.06 bits per heavy atom. The SMILES string of the molecule is CCO[Si](CCCN=C=O)(OCC)OCC.Cl. The Kier molecular flexibility index (Phi) is 13.8. The molecular formula is C10H22ClNO4Si. The van der Waals surface area contributed by atoms with Crippen LogP contribution in [0.2, 0.25) is 6.04 Å². The molecule has 0 radical (unpaired) electrons. The highest BCUT2D eigenvalue weighted by Gasteiger charge is 2.39. The molecule has 0 aromatic heterocycles. The minimum atomic E-state index is -2.54. The van der Waals surface area contributed by atoms with Crippen molar-refractivity contribution in [3.8, 4) is 0 Å². The smallest absolute Gasteiger partial charge is 0.374 e. The molecule has 0 aliphatic heterocycles. The fraction of sp³-hybridized carbons (Fsp3) is 0.900. The Morgan fingerprint density at radius 2 is 1.53 bits per heavy atom. The van der Waals surface area contributed by atoms with Crippen molar-refractivity contribution in [1.82, 2.24) is 0 Å². The molecule has 5 nitrogen and oxygen atoms in total. The van der Waals surface area contributed by atoms with Crippen molar-refractivity contribution >= 4 is 27.3 Å². The molecule has 0 aliphatic carbocycles. The molecule has 0 heterocycles. The molecule has 0 spiro atoms. The minimum absolute atomic E-state index is 0. The fourth-order valence-electron chi connectivity index (χ4n) is 1.42. The van der Waals surface area contributed by atoms with Gasteiger partial charge in [-0.2, -0.15) is 0 Å². The summed E-state index contributed by atoms with van der Waals surface area (Å²) in [5.74, 6) is 0. The number of nitrogens with zero attached hydrogens (tertiary/aromatic N) is 1. The van der Waals surface area contributed by atoms with E-state index in [2.05, 4.69) is 4.99 Å². The summed E-state index contributed by atoms with van der Waals surface area (Å²) in [5, 5.41) is 0. The van der Waals surface area contributed by atoms with E-state index in [1.54, 1.807) is 0 Å². The molecule has 17 heavy (non-hydrogen) atoms. The molecule has 102 valence electrons. The Bertz CT molecular complexity index is 207. The summed E-state index contributed by atoms with van der Waals surface area (Å²) >= 11 is 0. The van der Waals surface area contributed by atoms with Gasteiger partial charge in [-0.15, -0.1) is 12.4 Å². The molecule has 0 amide bonds. The molecule has 0 fully saturated rings. The zero-order valence-corrected chi connectivity index (χ0v) is 12.5. The number of isocyanates is 1. The predicted octanol–water partition coefficient (Wildman–Crippen LogP) is 2.18.